The molecule has 0 aliphatic rings. The van der Waals surface area contributed by atoms with Crippen molar-refractivity contribution in [1.29, 1.82) is 0 Å². The molecule has 2 aromatic carbocycles. The Morgan fingerprint density at radius 3 is 1.18 bits per heavy atom. The molecule has 0 unspecified atom stereocenters. The number of carbonyl (C=O) groups is 2. The number of phenols is 2. The normalized spacial score (nSPS) is 8.36. The second kappa shape index (κ2) is 11.1. The number of aromatic carboxylic acids is 2. The van der Waals surface area contributed by atoms with Crippen LogP contribution in [0.2, 0.25) is 0 Å². The molecule has 4 N–H and O–H groups in total. The van der Waals surface area contributed by atoms with Crippen LogP contribution in [-0.2, 0) is 0 Å². The van der Waals surface area contributed by atoms with E-state index in [2.05, 4.69) is 0 Å². The topological polar surface area (TPSA) is 152 Å². The second-order valence-corrected chi connectivity index (χ2v) is 3.61. The third kappa shape index (κ3) is 6.98. The summed E-state index contributed by atoms with van der Waals surface area (Å²) in [5.41, 5.74) is -0.356. The monoisotopic (exact) mass is 430 g/mol. The summed E-state index contributed by atoms with van der Waals surface area (Å²) in [7, 11) is 0. The van der Waals surface area contributed by atoms with Crippen LogP contribution in [0.3, 0.4) is 0 Å². The van der Waals surface area contributed by atoms with Crippen LogP contribution >= 0.6 is 0 Å². The van der Waals surface area contributed by atoms with Crippen LogP contribution in [0.15, 0.2) is 48.5 Å². The molecule has 0 saturated heterocycles. The first kappa shape index (κ1) is 22.8. The molecule has 0 spiro atoms. The van der Waals surface area contributed by atoms with Gasteiger partial charge in [0.1, 0.15) is 11.5 Å². The predicted molar refractivity (Wildman–Crippen MR) is 74.2 cm³/mol. The summed E-state index contributed by atoms with van der Waals surface area (Å²) in [5, 5.41) is 38.0. The van der Waals surface area contributed by atoms with Crippen molar-refractivity contribution < 1.29 is 35.5 Å². The minimum absolute atomic E-state index is 0. The number of para-hydroxylation sites is 2. The second-order valence-electron chi connectivity index (χ2n) is 3.61. The molecule has 7 nitrogen and oxygen atoms in total. The minimum Gasteiger partial charge on any atom is -0.545 e. The molecule has 112 valence electrons. The molecule has 2 aromatic rings. The van der Waals surface area contributed by atoms with Gasteiger partial charge in [-0.2, -0.15) is 0 Å². The summed E-state index contributed by atoms with van der Waals surface area (Å²) in [5.74, 6) is -3.25. The third-order valence-electron chi connectivity index (χ3n) is 2.25. The largest absolute Gasteiger partial charge is 2.00 e. The summed E-state index contributed by atoms with van der Waals surface area (Å²) in [6.45, 7) is 0. The Labute approximate surface area is 166 Å². The molecule has 8 heteroatoms. The Hall–Kier alpha value is -1.49. The zero-order valence-corrected chi connectivity index (χ0v) is 15.8. The number of hydrogen-bond acceptors (Lipinski definition) is 6. The van der Waals surface area contributed by atoms with Gasteiger partial charge in [-0.15, -0.1) is 0 Å². The Morgan fingerprint density at radius 1 is 0.727 bits per heavy atom. The Kier molecular flexibility index (Phi) is 11.5. The van der Waals surface area contributed by atoms with Crippen molar-refractivity contribution in [2.45, 2.75) is 0 Å². The van der Waals surface area contributed by atoms with E-state index in [4.69, 9.17) is 10.2 Å². The first-order valence-corrected chi connectivity index (χ1v) is 5.42. The van der Waals surface area contributed by atoms with Gasteiger partial charge in [0.2, 0.25) is 0 Å². The maximum Gasteiger partial charge on any atom is 2.00 e. The molecule has 2 rings (SSSR count). The molecule has 0 aliphatic carbocycles. The van der Waals surface area contributed by atoms with Crippen LogP contribution in [0.25, 0.3) is 0 Å². The maximum atomic E-state index is 10.2. The van der Waals surface area contributed by atoms with E-state index in [1.165, 1.54) is 36.4 Å². The van der Waals surface area contributed by atoms with E-state index in [9.17, 15) is 19.8 Å². The minimum atomic E-state index is -1.36. The molecule has 0 radical (unpaired) electrons. The van der Waals surface area contributed by atoms with Gasteiger partial charge in [0.05, 0.1) is 11.9 Å². The van der Waals surface area contributed by atoms with Gasteiger partial charge in [-0.05, 0) is 24.3 Å². The van der Waals surface area contributed by atoms with E-state index >= 15 is 0 Å². The molecule has 0 saturated carbocycles. The zero-order chi connectivity index (χ0) is 15.1. The SMILES string of the molecule is O.O=C([O-])c1ccccc1O.O=C([O-])c1ccccc1O.[Ba+2]. The van der Waals surface area contributed by atoms with Gasteiger partial charge < -0.3 is 35.5 Å². The van der Waals surface area contributed by atoms with Crippen LogP contribution in [0, 0.1) is 0 Å². The van der Waals surface area contributed by atoms with Crippen molar-refractivity contribution in [3.63, 3.8) is 0 Å². The molecule has 0 amide bonds. The van der Waals surface area contributed by atoms with E-state index in [1.807, 2.05) is 0 Å². The number of rotatable bonds is 2. The van der Waals surface area contributed by atoms with E-state index < -0.39 is 11.9 Å². The summed E-state index contributed by atoms with van der Waals surface area (Å²) in [6.07, 6.45) is 0. The Morgan fingerprint density at radius 2 is 1.00 bits per heavy atom. The summed E-state index contributed by atoms with van der Waals surface area (Å²) >= 11 is 0. The van der Waals surface area contributed by atoms with E-state index in [0.29, 0.717) is 0 Å². The first-order valence-electron chi connectivity index (χ1n) is 5.42. The average molecular weight is 430 g/mol. The first-order chi connectivity index (χ1) is 9.43. The van der Waals surface area contributed by atoms with E-state index in [-0.39, 0.29) is 77.0 Å². The number of carboxylic acids is 2. The van der Waals surface area contributed by atoms with E-state index in [1.54, 1.807) is 12.1 Å². The molecule has 0 aromatic heterocycles. The molecule has 0 fully saturated rings. The predicted octanol–water partition coefficient (Wildman–Crippen LogP) is -1.69. The summed E-state index contributed by atoms with van der Waals surface area (Å²) in [6, 6.07) is 11.3. The number of benzene rings is 2. The van der Waals surface area contributed by atoms with Crippen molar-refractivity contribution in [1.82, 2.24) is 0 Å². The van der Waals surface area contributed by atoms with Crippen LogP contribution in [0.1, 0.15) is 20.7 Å². The van der Waals surface area contributed by atoms with E-state index in [0.717, 1.165) is 0 Å². The van der Waals surface area contributed by atoms with Crippen molar-refractivity contribution in [3.8, 4) is 11.5 Å². The van der Waals surface area contributed by atoms with Crippen molar-refractivity contribution in [2.24, 2.45) is 0 Å². The summed E-state index contributed by atoms with van der Waals surface area (Å²) in [4.78, 5) is 20.3. The number of carboxylic acid groups (broad SMARTS) is 2. The van der Waals surface area contributed by atoms with Crippen LogP contribution in [0.4, 0.5) is 0 Å². The maximum absolute atomic E-state index is 10.2. The van der Waals surface area contributed by atoms with Crippen LogP contribution < -0.4 is 10.2 Å². The Bertz CT molecular complexity index is 573. The third-order valence-corrected chi connectivity index (χ3v) is 2.25. The van der Waals surface area contributed by atoms with Gasteiger partial charge in [-0.25, -0.2) is 0 Å². The van der Waals surface area contributed by atoms with Gasteiger partial charge >= 0.3 is 48.9 Å². The smallest absolute Gasteiger partial charge is 0.545 e. The van der Waals surface area contributed by atoms with Gasteiger partial charge in [0.25, 0.3) is 0 Å². The fraction of sp³-hybridized carbons (Fsp3) is 0. The van der Waals surface area contributed by atoms with Crippen LogP contribution in [0.5, 0.6) is 11.5 Å². The Balaban J connectivity index is 0. The molecule has 0 heterocycles. The number of carbonyl (C=O) groups excluding carboxylic acids is 2. The van der Waals surface area contributed by atoms with Gasteiger partial charge in [0.15, 0.2) is 0 Å². The molecule has 0 aliphatic heterocycles. The zero-order valence-electron chi connectivity index (χ0n) is 11.4. The number of hydrogen-bond donors (Lipinski definition) is 2. The number of aromatic hydroxyl groups is 2. The fourth-order valence-corrected chi connectivity index (χ4v) is 1.29. The van der Waals surface area contributed by atoms with Gasteiger partial charge in [-0.1, -0.05) is 24.3 Å². The van der Waals surface area contributed by atoms with Gasteiger partial charge in [-0.3, -0.25) is 0 Å². The molecular weight excluding hydrogens is 417 g/mol. The molecular formula is C14H12BaO7. The molecule has 0 atom stereocenters. The van der Waals surface area contributed by atoms with Crippen LogP contribution in [-0.4, -0.2) is 76.5 Å². The quantitative estimate of drug-likeness (QED) is 0.543. The van der Waals surface area contributed by atoms with Crippen molar-refractivity contribution in [3.05, 3.63) is 59.7 Å². The average Bonchev–Trinajstić information content (AvgIpc) is 2.40. The van der Waals surface area contributed by atoms with Crippen molar-refractivity contribution >= 4 is 60.8 Å². The molecule has 22 heavy (non-hydrogen) atoms. The fourth-order valence-electron chi connectivity index (χ4n) is 1.29. The van der Waals surface area contributed by atoms with Gasteiger partial charge in [0, 0.05) is 11.1 Å². The standard InChI is InChI=1S/2C7H6O3.Ba.H2O/c2*8-6-4-2-1-3-5(6)7(9)10;;/h2*1-4,8H,(H,9,10);;1H2/q;;+2;/p-2. The van der Waals surface area contributed by atoms with Crippen molar-refractivity contribution in [2.75, 3.05) is 0 Å². The summed E-state index contributed by atoms with van der Waals surface area (Å²) < 4.78 is 0. The molecule has 0 bridgehead atoms.